The van der Waals surface area contributed by atoms with Crippen molar-refractivity contribution in [3.05, 3.63) is 47.5 Å². The maximum absolute atomic E-state index is 12.7. The van der Waals surface area contributed by atoms with Gasteiger partial charge in [-0.2, -0.15) is 18.3 Å². The van der Waals surface area contributed by atoms with E-state index in [-0.39, 0.29) is 10.8 Å². The highest BCUT2D eigenvalue weighted by Crippen LogP contribution is 2.44. The van der Waals surface area contributed by atoms with Crippen LogP contribution in [0.5, 0.6) is 0 Å². The molecule has 13 heteroatoms. The monoisotopic (exact) mass is 529 g/mol. The predicted molar refractivity (Wildman–Crippen MR) is 134 cm³/mol. The van der Waals surface area contributed by atoms with E-state index in [4.69, 9.17) is 21.6 Å². The Bertz CT molecular complexity index is 1450. The van der Waals surface area contributed by atoms with Crippen molar-refractivity contribution in [2.24, 2.45) is 0 Å². The molecule has 4 aromatic heterocycles. The summed E-state index contributed by atoms with van der Waals surface area (Å²) in [7, 11) is 0. The number of rotatable bonds is 6. The Hall–Kier alpha value is -3.51. The number of piperazine rings is 1. The van der Waals surface area contributed by atoms with Gasteiger partial charge in [0.25, 0.3) is 0 Å². The summed E-state index contributed by atoms with van der Waals surface area (Å²) in [5.41, 5.74) is 2.67. The number of nitrogens with zero attached hydrogens (tertiary/aromatic N) is 7. The standard InChI is InChI=1S/C24H23ClF3N9/c25-17-12-37(13-24(26,27)28)35-22(17)33-19-9-15(3-4-31-19)21-32-18-11-30-10-16(14-1-2-14)20(18)23(34-21)36-7-5-29-6-8-36/h3-4,9-12,14,29H,1-2,5-8,13H2,(H,31,33,35). The van der Waals surface area contributed by atoms with Gasteiger partial charge in [0.1, 0.15) is 23.2 Å². The smallest absolute Gasteiger partial charge is 0.353 e. The van der Waals surface area contributed by atoms with Gasteiger partial charge >= 0.3 is 6.18 Å². The minimum absolute atomic E-state index is 0.0538. The van der Waals surface area contributed by atoms with Gasteiger partial charge in [0.05, 0.1) is 11.7 Å². The van der Waals surface area contributed by atoms with E-state index in [1.807, 2.05) is 6.20 Å². The van der Waals surface area contributed by atoms with E-state index in [1.54, 1.807) is 24.5 Å². The molecule has 0 atom stereocenters. The predicted octanol–water partition coefficient (Wildman–Crippen LogP) is 4.53. The van der Waals surface area contributed by atoms with Gasteiger partial charge in [-0.25, -0.2) is 15.0 Å². The van der Waals surface area contributed by atoms with Crippen molar-refractivity contribution in [2.45, 2.75) is 31.5 Å². The SMILES string of the molecule is FC(F)(F)Cn1cc(Cl)c(Nc2cc(-c3nc(N4CCNCC4)c4c(C5CC5)cncc4n3)ccn2)n1. The second kappa shape index (κ2) is 9.42. The van der Waals surface area contributed by atoms with Crippen LogP contribution in [0.3, 0.4) is 0 Å². The van der Waals surface area contributed by atoms with Gasteiger partial charge in [0.15, 0.2) is 11.6 Å². The van der Waals surface area contributed by atoms with Gasteiger partial charge in [-0.05, 0) is 36.5 Å². The molecule has 2 fully saturated rings. The van der Waals surface area contributed by atoms with Crippen molar-refractivity contribution in [1.82, 2.24) is 35.0 Å². The number of pyridine rings is 2. The maximum atomic E-state index is 12.7. The van der Waals surface area contributed by atoms with Crippen LogP contribution in [0, 0.1) is 0 Å². The van der Waals surface area contributed by atoms with Crippen LogP contribution in [0.2, 0.25) is 5.02 Å². The van der Waals surface area contributed by atoms with Crippen LogP contribution < -0.4 is 15.5 Å². The highest BCUT2D eigenvalue weighted by atomic mass is 35.5. The number of halogens is 4. The molecular formula is C24H23ClF3N9. The van der Waals surface area contributed by atoms with E-state index >= 15 is 0 Å². The Balaban J connectivity index is 1.36. The summed E-state index contributed by atoms with van der Waals surface area (Å²) in [6.45, 7) is 2.17. The molecule has 2 N–H and O–H groups in total. The number of hydrogen-bond acceptors (Lipinski definition) is 8. The molecule has 1 saturated heterocycles. The summed E-state index contributed by atoms with van der Waals surface area (Å²) >= 11 is 6.11. The second-order valence-corrected chi connectivity index (χ2v) is 9.61. The van der Waals surface area contributed by atoms with Crippen LogP contribution in [0.25, 0.3) is 22.3 Å². The van der Waals surface area contributed by atoms with Gasteiger partial charge in [-0.1, -0.05) is 11.6 Å². The molecule has 6 rings (SSSR count). The molecule has 5 heterocycles. The molecule has 0 radical (unpaired) electrons. The summed E-state index contributed by atoms with van der Waals surface area (Å²) in [4.78, 5) is 20.9. The van der Waals surface area contributed by atoms with Crippen molar-refractivity contribution < 1.29 is 13.2 Å². The molecule has 9 nitrogen and oxygen atoms in total. The molecule has 0 amide bonds. The average Bonchev–Trinajstić information content (AvgIpc) is 3.67. The molecule has 1 saturated carbocycles. The van der Waals surface area contributed by atoms with E-state index in [2.05, 4.69) is 30.6 Å². The van der Waals surface area contributed by atoms with E-state index in [1.165, 1.54) is 5.56 Å². The minimum Gasteiger partial charge on any atom is -0.353 e. The summed E-state index contributed by atoms with van der Waals surface area (Å²) < 4.78 is 39.0. The topological polar surface area (TPSA) is 96.7 Å². The first-order chi connectivity index (χ1) is 17.8. The molecule has 0 unspecified atom stereocenters. The molecule has 37 heavy (non-hydrogen) atoms. The van der Waals surface area contributed by atoms with Gasteiger partial charge in [-0.15, -0.1) is 0 Å². The van der Waals surface area contributed by atoms with Gasteiger partial charge in [-0.3, -0.25) is 9.67 Å². The third-order valence-electron chi connectivity index (χ3n) is 6.37. The lowest BCUT2D eigenvalue weighted by atomic mass is 10.1. The Kier molecular flexibility index (Phi) is 6.07. The first-order valence-electron chi connectivity index (χ1n) is 12.0. The highest BCUT2D eigenvalue weighted by Gasteiger charge is 2.30. The summed E-state index contributed by atoms with van der Waals surface area (Å²) in [6, 6.07) is 3.51. The van der Waals surface area contributed by atoms with Crippen molar-refractivity contribution >= 4 is 40.0 Å². The maximum Gasteiger partial charge on any atom is 0.408 e. The summed E-state index contributed by atoms with van der Waals surface area (Å²) in [5, 5.41) is 11.3. The quantitative estimate of drug-likeness (QED) is 0.376. The zero-order chi connectivity index (χ0) is 25.6. The lowest BCUT2D eigenvalue weighted by Gasteiger charge is -2.30. The van der Waals surface area contributed by atoms with Crippen molar-refractivity contribution in [1.29, 1.82) is 0 Å². The van der Waals surface area contributed by atoms with Gasteiger partial charge in [0.2, 0.25) is 0 Å². The number of anilines is 3. The Labute approximate surface area is 215 Å². The zero-order valence-electron chi connectivity index (χ0n) is 19.6. The highest BCUT2D eigenvalue weighted by molar-refractivity contribution is 6.33. The van der Waals surface area contributed by atoms with Crippen LogP contribution in [0.15, 0.2) is 36.9 Å². The molecule has 1 aliphatic carbocycles. The number of nitrogens with one attached hydrogen (secondary N) is 2. The van der Waals surface area contributed by atoms with Gasteiger partial charge in [0, 0.05) is 55.7 Å². The van der Waals surface area contributed by atoms with E-state index < -0.39 is 12.7 Å². The molecular weight excluding hydrogens is 507 g/mol. The van der Waals surface area contributed by atoms with Crippen molar-refractivity contribution in [2.75, 3.05) is 36.4 Å². The number of aromatic nitrogens is 6. The van der Waals surface area contributed by atoms with Crippen LogP contribution in [0.4, 0.5) is 30.6 Å². The number of fused-ring (bicyclic) bond motifs is 1. The van der Waals surface area contributed by atoms with E-state index in [0.29, 0.717) is 23.1 Å². The number of alkyl halides is 3. The fraction of sp³-hybridized carbons (Fsp3) is 0.375. The summed E-state index contributed by atoms with van der Waals surface area (Å²) in [5.74, 6) is 2.33. The molecule has 0 bridgehead atoms. The second-order valence-electron chi connectivity index (χ2n) is 9.20. The van der Waals surface area contributed by atoms with E-state index in [9.17, 15) is 13.2 Å². The molecule has 0 spiro atoms. The third-order valence-corrected chi connectivity index (χ3v) is 6.65. The minimum atomic E-state index is -4.41. The molecule has 1 aliphatic heterocycles. The Morgan fingerprint density at radius 3 is 2.70 bits per heavy atom. The molecule has 192 valence electrons. The lowest BCUT2D eigenvalue weighted by Crippen LogP contribution is -2.44. The first-order valence-corrected chi connectivity index (χ1v) is 12.4. The Morgan fingerprint density at radius 2 is 1.95 bits per heavy atom. The van der Waals surface area contributed by atoms with E-state index in [0.717, 1.165) is 66.6 Å². The van der Waals surface area contributed by atoms with Crippen LogP contribution >= 0.6 is 11.6 Å². The fourth-order valence-corrected chi connectivity index (χ4v) is 4.73. The largest absolute Gasteiger partial charge is 0.408 e. The zero-order valence-corrected chi connectivity index (χ0v) is 20.4. The molecule has 4 aromatic rings. The van der Waals surface area contributed by atoms with Crippen LogP contribution in [-0.2, 0) is 6.54 Å². The fourth-order valence-electron chi connectivity index (χ4n) is 4.53. The van der Waals surface area contributed by atoms with Crippen LogP contribution in [-0.4, -0.2) is 62.1 Å². The lowest BCUT2D eigenvalue weighted by molar-refractivity contribution is -0.142. The van der Waals surface area contributed by atoms with Crippen molar-refractivity contribution in [3.8, 4) is 11.4 Å². The number of hydrogen-bond donors (Lipinski definition) is 2. The van der Waals surface area contributed by atoms with Gasteiger partial charge < -0.3 is 15.5 Å². The summed E-state index contributed by atoms with van der Waals surface area (Å²) in [6.07, 6.45) is 4.28. The molecule has 2 aliphatic rings. The first kappa shape index (κ1) is 23.9. The van der Waals surface area contributed by atoms with Crippen molar-refractivity contribution in [3.63, 3.8) is 0 Å². The molecule has 0 aromatic carbocycles. The normalized spacial score (nSPS) is 16.4. The average molecular weight is 530 g/mol. The Morgan fingerprint density at radius 1 is 1.14 bits per heavy atom. The third kappa shape index (κ3) is 5.16. The van der Waals surface area contributed by atoms with Crippen LogP contribution in [0.1, 0.15) is 24.3 Å².